The molecule has 1 aliphatic rings. The van der Waals surface area contributed by atoms with Gasteiger partial charge < -0.3 is 10.5 Å². The summed E-state index contributed by atoms with van der Waals surface area (Å²) in [6, 6.07) is 10.6. The summed E-state index contributed by atoms with van der Waals surface area (Å²) in [4.78, 5) is 0. The number of rotatable bonds is 2. The van der Waals surface area contributed by atoms with Crippen LogP contribution in [0.2, 0.25) is 0 Å². The van der Waals surface area contributed by atoms with Crippen molar-refractivity contribution >= 4 is 15.9 Å². The molecule has 4 heteroatoms. The highest BCUT2D eigenvalue weighted by molar-refractivity contribution is 9.10. The monoisotopic (exact) mass is 335 g/mol. The summed E-state index contributed by atoms with van der Waals surface area (Å²) >= 11 is 3.19. The first-order valence-corrected chi connectivity index (χ1v) is 7.34. The zero-order valence-electron chi connectivity index (χ0n) is 11.1. The standard InChI is InChI=1S/C16H15BrFNO/c1-9-6-12-7-10(3-5-15(12)20-9)16(19)11-2-4-14(18)13(17)8-11/h2-5,7-9,16H,6,19H2,1H3. The molecule has 2 aromatic carbocycles. The fourth-order valence-corrected chi connectivity index (χ4v) is 2.93. The van der Waals surface area contributed by atoms with Crippen LogP contribution >= 0.6 is 15.9 Å². The Morgan fingerprint density at radius 2 is 1.95 bits per heavy atom. The molecule has 0 spiro atoms. The van der Waals surface area contributed by atoms with E-state index in [1.807, 2.05) is 12.1 Å². The molecule has 1 heterocycles. The van der Waals surface area contributed by atoms with Crippen LogP contribution in [0.25, 0.3) is 0 Å². The summed E-state index contributed by atoms with van der Waals surface area (Å²) in [7, 11) is 0. The molecule has 2 unspecified atom stereocenters. The van der Waals surface area contributed by atoms with Crippen LogP contribution in [0.4, 0.5) is 4.39 Å². The minimum atomic E-state index is -0.280. The van der Waals surface area contributed by atoms with Crippen LogP contribution in [0.5, 0.6) is 5.75 Å². The predicted molar refractivity (Wildman–Crippen MR) is 80.4 cm³/mol. The maximum absolute atomic E-state index is 13.3. The summed E-state index contributed by atoms with van der Waals surface area (Å²) in [6.07, 6.45) is 1.12. The van der Waals surface area contributed by atoms with E-state index in [0.29, 0.717) is 4.47 Å². The van der Waals surface area contributed by atoms with Gasteiger partial charge in [-0.25, -0.2) is 4.39 Å². The van der Waals surface area contributed by atoms with Crippen LogP contribution in [-0.2, 0) is 6.42 Å². The third kappa shape index (κ3) is 2.45. The first kappa shape index (κ1) is 13.6. The van der Waals surface area contributed by atoms with Crippen LogP contribution in [0, 0.1) is 5.82 Å². The van der Waals surface area contributed by atoms with Crippen molar-refractivity contribution in [1.29, 1.82) is 0 Å². The van der Waals surface area contributed by atoms with E-state index in [0.717, 1.165) is 23.3 Å². The van der Waals surface area contributed by atoms with E-state index < -0.39 is 0 Å². The number of benzene rings is 2. The molecule has 1 aliphatic heterocycles. The van der Waals surface area contributed by atoms with Crippen molar-refractivity contribution in [2.45, 2.75) is 25.5 Å². The second kappa shape index (κ2) is 5.19. The molecule has 3 rings (SSSR count). The van der Waals surface area contributed by atoms with E-state index >= 15 is 0 Å². The highest BCUT2D eigenvalue weighted by Crippen LogP contribution is 2.32. The van der Waals surface area contributed by atoms with Crippen molar-refractivity contribution in [2.75, 3.05) is 0 Å². The number of ether oxygens (including phenoxy) is 1. The van der Waals surface area contributed by atoms with Crippen LogP contribution in [-0.4, -0.2) is 6.10 Å². The van der Waals surface area contributed by atoms with Crippen LogP contribution in [0.15, 0.2) is 40.9 Å². The van der Waals surface area contributed by atoms with Gasteiger partial charge in [-0.15, -0.1) is 0 Å². The number of nitrogens with two attached hydrogens (primary N) is 1. The lowest BCUT2D eigenvalue weighted by Gasteiger charge is -2.14. The van der Waals surface area contributed by atoms with Gasteiger partial charge in [0.15, 0.2) is 0 Å². The number of halogens is 2. The maximum atomic E-state index is 13.3. The first-order valence-electron chi connectivity index (χ1n) is 6.54. The van der Waals surface area contributed by atoms with Gasteiger partial charge in [0, 0.05) is 6.42 Å². The number of hydrogen-bond donors (Lipinski definition) is 1. The molecule has 2 aromatic rings. The Balaban J connectivity index is 1.93. The van der Waals surface area contributed by atoms with Gasteiger partial charge in [-0.3, -0.25) is 0 Å². The Labute approximate surface area is 125 Å². The third-order valence-corrected chi connectivity index (χ3v) is 4.19. The van der Waals surface area contributed by atoms with E-state index in [-0.39, 0.29) is 18.0 Å². The average molecular weight is 336 g/mol. The molecule has 0 bridgehead atoms. The topological polar surface area (TPSA) is 35.2 Å². The molecule has 0 fully saturated rings. The molecular formula is C16H15BrFNO. The van der Waals surface area contributed by atoms with Crippen LogP contribution in [0.3, 0.4) is 0 Å². The van der Waals surface area contributed by atoms with Crippen LogP contribution in [0.1, 0.15) is 29.7 Å². The molecular weight excluding hydrogens is 321 g/mol. The normalized spacial score (nSPS) is 18.5. The van der Waals surface area contributed by atoms with Crippen LogP contribution < -0.4 is 10.5 Å². The summed E-state index contributed by atoms with van der Waals surface area (Å²) in [5.74, 6) is 0.658. The SMILES string of the molecule is CC1Cc2cc(C(N)c3ccc(F)c(Br)c3)ccc2O1. The number of hydrogen-bond acceptors (Lipinski definition) is 2. The average Bonchev–Trinajstić information content (AvgIpc) is 2.80. The van der Waals surface area contributed by atoms with E-state index in [4.69, 9.17) is 10.5 Å². The smallest absolute Gasteiger partial charge is 0.137 e. The van der Waals surface area contributed by atoms with Gasteiger partial charge in [0.25, 0.3) is 0 Å². The first-order chi connectivity index (χ1) is 9.54. The molecule has 104 valence electrons. The Morgan fingerprint density at radius 3 is 2.70 bits per heavy atom. The highest BCUT2D eigenvalue weighted by Gasteiger charge is 2.20. The Kier molecular flexibility index (Phi) is 3.52. The Morgan fingerprint density at radius 1 is 1.25 bits per heavy atom. The summed E-state index contributed by atoms with van der Waals surface area (Å²) < 4.78 is 19.4. The van der Waals surface area contributed by atoms with E-state index in [1.54, 1.807) is 12.1 Å². The molecule has 0 amide bonds. The minimum Gasteiger partial charge on any atom is -0.490 e. The quantitative estimate of drug-likeness (QED) is 0.901. The van der Waals surface area contributed by atoms with Gasteiger partial charge in [-0.1, -0.05) is 18.2 Å². The lowest BCUT2D eigenvalue weighted by molar-refractivity contribution is 0.254. The molecule has 0 radical (unpaired) electrons. The second-order valence-electron chi connectivity index (χ2n) is 5.15. The van der Waals surface area contributed by atoms with Crippen molar-refractivity contribution in [3.8, 4) is 5.75 Å². The molecule has 2 atom stereocenters. The van der Waals surface area contributed by atoms with E-state index in [1.165, 1.54) is 11.6 Å². The molecule has 0 saturated carbocycles. The van der Waals surface area contributed by atoms with Crippen molar-refractivity contribution in [1.82, 2.24) is 0 Å². The fraction of sp³-hybridized carbons (Fsp3) is 0.250. The fourth-order valence-electron chi connectivity index (χ4n) is 2.53. The van der Waals surface area contributed by atoms with Crippen molar-refractivity contribution in [2.24, 2.45) is 5.73 Å². The molecule has 0 aromatic heterocycles. The zero-order chi connectivity index (χ0) is 14.3. The second-order valence-corrected chi connectivity index (χ2v) is 6.01. The highest BCUT2D eigenvalue weighted by atomic mass is 79.9. The maximum Gasteiger partial charge on any atom is 0.137 e. The van der Waals surface area contributed by atoms with E-state index in [9.17, 15) is 4.39 Å². The molecule has 2 N–H and O–H groups in total. The predicted octanol–water partition coefficient (Wildman–Crippen LogP) is 3.96. The molecule has 20 heavy (non-hydrogen) atoms. The summed E-state index contributed by atoms with van der Waals surface area (Å²) in [5, 5.41) is 0. The van der Waals surface area contributed by atoms with Gasteiger partial charge in [0.05, 0.1) is 10.5 Å². The Hall–Kier alpha value is -1.39. The van der Waals surface area contributed by atoms with Gasteiger partial charge in [0.1, 0.15) is 17.7 Å². The largest absolute Gasteiger partial charge is 0.490 e. The van der Waals surface area contributed by atoms with Crippen molar-refractivity contribution < 1.29 is 9.13 Å². The Bertz CT molecular complexity index is 659. The van der Waals surface area contributed by atoms with E-state index in [2.05, 4.69) is 28.9 Å². The van der Waals surface area contributed by atoms with Gasteiger partial charge in [-0.2, -0.15) is 0 Å². The number of fused-ring (bicyclic) bond motifs is 1. The lowest BCUT2D eigenvalue weighted by atomic mass is 9.97. The summed E-state index contributed by atoms with van der Waals surface area (Å²) in [5.41, 5.74) is 9.36. The minimum absolute atomic E-state index is 0.219. The summed E-state index contributed by atoms with van der Waals surface area (Å²) in [6.45, 7) is 2.05. The molecule has 0 saturated heterocycles. The van der Waals surface area contributed by atoms with Crippen molar-refractivity contribution in [3.05, 3.63) is 63.4 Å². The third-order valence-electron chi connectivity index (χ3n) is 3.58. The molecule has 0 aliphatic carbocycles. The van der Waals surface area contributed by atoms with Gasteiger partial charge >= 0.3 is 0 Å². The lowest BCUT2D eigenvalue weighted by Crippen LogP contribution is -2.12. The van der Waals surface area contributed by atoms with Gasteiger partial charge in [0.2, 0.25) is 0 Å². The van der Waals surface area contributed by atoms with Gasteiger partial charge in [-0.05, 0) is 57.7 Å². The van der Waals surface area contributed by atoms with Crippen molar-refractivity contribution in [3.63, 3.8) is 0 Å². The molecule has 2 nitrogen and oxygen atoms in total. The zero-order valence-corrected chi connectivity index (χ0v) is 12.7.